The molecule has 2 unspecified atom stereocenters. The van der Waals surface area contributed by atoms with E-state index in [2.05, 4.69) is 11.4 Å². The van der Waals surface area contributed by atoms with Gasteiger partial charge in [-0.2, -0.15) is 10.5 Å². The van der Waals surface area contributed by atoms with Crippen LogP contribution in [0.3, 0.4) is 0 Å². The van der Waals surface area contributed by atoms with Crippen molar-refractivity contribution in [2.24, 2.45) is 5.92 Å². The molecule has 0 bridgehead atoms. The first-order valence-electron chi connectivity index (χ1n) is 10.9. The van der Waals surface area contributed by atoms with Crippen LogP contribution in [0.1, 0.15) is 56.0 Å². The van der Waals surface area contributed by atoms with Gasteiger partial charge in [0.1, 0.15) is 22.8 Å². The Bertz CT molecular complexity index is 1380. The van der Waals surface area contributed by atoms with Crippen LogP contribution >= 0.6 is 11.3 Å². The summed E-state index contributed by atoms with van der Waals surface area (Å²) in [4.78, 5) is 30.3. The molecule has 2 atom stereocenters. The Hall–Kier alpha value is -4.01. The molecule has 168 valence electrons. The molecule has 2 amide bonds. The minimum Gasteiger partial charge on any atom is -0.329 e. The fourth-order valence-corrected chi connectivity index (χ4v) is 5.41. The van der Waals surface area contributed by atoms with E-state index in [0.717, 1.165) is 23.8 Å². The van der Waals surface area contributed by atoms with Gasteiger partial charge in [0.05, 0.1) is 17.5 Å². The van der Waals surface area contributed by atoms with Crippen molar-refractivity contribution in [2.45, 2.75) is 24.8 Å². The van der Waals surface area contributed by atoms with Gasteiger partial charge in [-0.1, -0.05) is 18.2 Å². The van der Waals surface area contributed by atoms with Gasteiger partial charge >= 0.3 is 0 Å². The Morgan fingerprint density at radius 1 is 1.12 bits per heavy atom. The van der Waals surface area contributed by atoms with Crippen molar-refractivity contribution in [2.75, 3.05) is 11.9 Å². The molecule has 2 aliphatic rings. The van der Waals surface area contributed by atoms with E-state index in [1.54, 1.807) is 47.4 Å². The number of amides is 2. The zero-order valence-electron chi connectivity index (χ0n) is 18.0. The number of hydrogen-bond donors (Lipinski definition) is 1. The summed E-state index contributed by atoms with van der Waals surface area (Å²) < 4.78 is 13.8. The van der Waals surface area contributed by atoms with Crippen LogP contribution in [0.15, 0.2) is 54.6 Å². The zero-order valence-corrected chi connectivity index (χ0v) is 18.8. The van der Waals surface area contributed by atoms with Crippen molar-refractivity contribution in [3.05, 3.63) is 86.9 Å². The van der Waals surface area contributed by atoms with Gasteiger partial charge in [0.2, 0.25) is 5.91 Å². The van der Waals surface area contributed by atoms with Gasteiger partial charge in [-0.25, -0.2) is 4.39 Å². The third-order valence-electron chi connectivity index (χ3n) is 6.26. The van der Waals surface area contributed by atoms with Crippen molar-refractivity contribution in [1.82, 2.24) is 4.90 Å². The molecule has 5 rings (SSSR count). The van der Waals surface area contributed by atoms with E-state index in [-0.39, 0.29) is 17.4 Å². The summed E-state index contributed by atoms with van der Waals surface area (Å²) in [6, 6.07) is 17.8. The fraction of sp³-hybridized carbons (Fsp3) is 0.231. The SMILES string of the molecule is N#Cc1ccc(C2C(C(=O)Nc3ccc(F)c(C#N)c3)c3ccccc3C(=O)N2CC2CC2)s1. The second kappa shape index (κ2) is 8.74. The minimum absolute atomic E-state index is 0.128. The summed E-state index contributed by atoms with van der Waals surface area (Å²) in [6.07, 6.45) is 2.07. The maximum absolute atomic E-state index is 13.8. The molecule has 0 saturated heterocycles. The van der Waals surface area contributed by atoms with E-state index in [4.69, 9.17) is 5.26 Å². The van der Waals surface area contributed by atoms with Crippen LogP contribution < -0.4 is 5.32 Å². The predicted molar refractivity (Wildman–Crippen MR) is 124 cm³/mol. The van der Waals surface area contributed by atoms with Crippen molar-refractivity contribution in [3.8, 4) is 12.1 Å². The van der Waals surface area contributed by atoms with Gasteiger partial charge in [-0.3, -0.25) is 9.59 Å². The highest BCUT2D eigenvalue weighted by Crippen LogP contribution is 2.47. The molecule has 3 aromatic rings. The first kappa shape index (κ1) is 21.8. The Balaban J connectivity index is 1.60. The smallest absolute Gasteiger partial charge is 0.254 e. The highest BCUT2D eigenvalue weighted by molar-refractivity contribution is 7.12. The van der Waals surface area contributed by atoms with E-state index in [1.807, 2.05) is 0 Å². The van der Waals surface area contributed by atoms with Gasteiger partial charge in [-0.15, -0.1) is 11.3 Å². The lowest BCUT2D eigenvalue weighted by molar-refractivity contribution is -0.119. The summed E-state index contributed by atoms with van der Waals surface area (Å²) in [7, 11) is 0. The molecule has 1 fully saturated rings. The Morgan fingerprint density at radius 2 is 1.91 bits per heavy atom. The molecule has 2 aromatic carbocycles. The van der Waals surface area contributed by atoms with Crippen LogP contribution in [0.4, 0.5) is 10.1 Å². The predicted octanol–water partition coefficient (Wildman–Crippen LogP) is 4.96. The first-order chi connectivity index (χ1) is 16.5. The number of nitriles is 2. The number of rotatable bonds is 5. The Morgan fingerprint density at radius 3 is 2.62 bits per heavy atom. The molecular formula is C26H19FN4O2S. The summed E-state index contributed by atoms with van der Waals surface area (Å²) in [5.41, 5.74) is 1.22. The standard InChI is InChI=1S/C26H19FN4O2S/c27-21-9-7-17(11-16(21)12-28)30-25(32)23-19-3-1-2-4-20(19)26(33)31(14-15-5-6-15)24(23)22-10-8-18(13-29)34-22/h1-4,7-11,15,23-24H,5-6,14H2,(H,30,32). The quantitative estimate of drug-likeness (QED) is 0.570. The van der Waals surface area contributed by atoms with Gasteiger partial charge in [0.15, 0.2) is 0 Å². The number of anilines is 1. The van der Waals surface area contributed by atoms with Crippen LogP contribution in [-0.4, -0.2) is 23.3 Å². The molecule has 1 aromatic heterocycles. The van der Waals surface area contributed by atoms with Crippen LogP contribution in [0.2, 0.25) is 0 Å². The summed E-state index contributed by atoms with van der Waals surface area (Å²) >= 11 is 1.28. The van der Waals surface area contributed by atoms with E-state index in [0.29, 0.717) is 34.2 Å². The monoisotopic (exact) mass is 470 g/mol. The molecule has 1 aliphatic carbocycles. The Kier molecular flexibility index (Phi) is 5.61. The number of nitrogens with zero attached hydrogens (tertiary/aromatic N) is 3. The second-order valence-electron chi connectivity index (χ2n) is 8.52. The van der Waals surface area contributed by atoms with E-state index < -0.39 is 17.8 Å². The molecule has 2 heterocycles. The van der Waals surface area contributed by atoms with E-state index in [9.17, 15) is 19.2 Å². The summed E-state index contributed by atoms with van der Waals surface area (Å²) in [5, 5.41) is 21.3. The fourth-order valence-electron chi connectivity index (χ4n) is 4.45. The van der Waals surface area contributed by atoms with E-state index in [1.165, 1.54) is 23.5 Å². The van der Waals surface area contributed by atoms with Crippen molar-refractivity contribution >= 4 is 28.8 Å². The molecule has 1 N–H and O–H groups in total. The summed E-state index contributed by atoms with van der Waals surface area (Å²) in [5.74, 6) is -1.50. The van der Waals surface area contributed by atoms with Crippen LogP contribution in [-0.2, 0) is 4.79 Å². The average molecular weight is 471 g/mol. The van der Waals surface area contributed by atoms with Crippen molar-refractivity contribution in [3.63, 3.8) is 0 Å². The van der Waals surface area contributed by atoms with Crippen LogP contribution in [0, 0.1) is 34.4 Å². The molecule has 0 spiro atoms. The summed E-state index contributed by atoms with van der Waals surface area (Å²) in [6.45, 7) is 0.538. The number of carbonyl (C=O) groups excluding carboxylic acids is 2. The number of halogens is 1. The lowest BCUT2D eigenvalue weighted by Gasteiger charge is -2.41. The lowest BCUT2D eigenvalue weighted by atomic mass is 9.81. The number of fused-ring (bicyclic) bond motifs is 1. The molecular weight excluding hydrogens is 451 g/mol. The zero-order chi connectivity index (χ0) is 23.8. The highest BCUT2D eigenvalue weighted by Gasteiger charge is 2.46. The van der Waals surface area contributed by atoms with Gasteiger partial charge in [0.25, 0.3) is 5.91 Å². The molecule has 1 saturated carbocycles. The second-order valence-corrected chi connectivity index (χ2v) is 9.64. The van der Waals surface area contributed by atoms with E-state index >= 15 is 0 Å². The maximum Gasteiger partial charge on any atom is 0.254 e. The topological polar surface area (TPSA) is 97.0 Å². The van der Waals surface area contributed by atoms with Gasteiger partial charge in [0, 0.05) is 22.7 Å². The molecule has 8 heteroatoms. The third kappa shape index (κ3) is 3.93. The van der Waals surface area contributed by atoms with Crippen LogP contribution in [0.25, 0.3) is 0 Å². The third-order valence-corrected chi connectivity index (χ3v) is 7.32. The average Bonchev–Trinajstić information content (AvgIpc) is 3.54. The number of carbonyl (C=O) groups is 2. The van der Waals surface area contributed by atoms with Crippen molar-refractivity contribution < 1.29 is 14.0 Å². The van der Waals surface area contributed by atoms with Gasteiger partial charge in [-0.05, 0) is 60.7 Å². The molecule has 1 aliphatic heterocycles. The first-order valence-corrected chi connectivity index (χ1v) is 11.7. The van der Waals surface area contributed by atoms with Crippen molar-refractivity contribution in [1.29, 1.82) is 10.5 Å². The normalized spacial score (nSPS) is 19.1. The highest BCUT2D eigenvalue weighted by atomic mass is 32.1. The largest absolute Gasteiger partial charge is 0.329 e. The molecule has 0 radical (unpaired) electrons. The number of nitrogens with one attached hydrogen (secondary N) is 1. The van der Waals surface area contributed by atoms with Gasteiger partial charge < -0.3 is 10.2 Å². The molecule has 34 heavy (non-hydrogen) atoms. The number of hydrogen-bond acceptors (Lipinski definition) is 5. The minimum atomic E-state index is -0.742. The van der Waals surface area contributed by atoms with Crippen LogP contribution in [0.5, 0.6) is 0 Å². The Labute approximate surface area is 199 Å². The number of thiophene rings is 1. The maximum atomic E-state index is 13.8. The number of benzene rings is 2. The molecule has 6 nitrogen and oxygen atoms in total. The lowest BCUT2D eigenvalue weighted by Crippen LogP contribution is -2.46.